The Balaban J connectivity index is 3.27. The minimum absolute atomic E-state index is 0.103. The van der Waals surface area contributed by atoms with Crippen molar-refractivity contribution in [2.75, 3.05) is 21.3 Å². The van der Waals surface area contributed by atoms with Gasteiger partial charge >= 0.3 is 0 Å². The molecule has 0 aromatic heterocycles. The van der Waals surface area contributed by atoms with Crippen LogP contribution in [0.2, 0.25) is 0 Å². The molecular formula is C10H15ClO4. The Morgan fingerprint density at radius 2 is 1.87 bits per heavy atom. The van der Waals surface area contributed by atoms with Gasteiger partial charge in [0.1, 0.15) is 4.87 Å². The number of hydrogen-bond donors (Lipinski definition) is 0. The minimum atomic E-state index is -1.21. The van der Waals surface area contributed by atoms with E-state index in [1.807, 2.05) is 0 Å². The smallest absolute Gasteiger partial charge is 0.247 e. The van der Waals surface area contributed by atoms with Crippen LogP contribution in [-0.4, -0.2) is 37.8 Å². The van der Waals surface area contributed by atoms with E-state index < -0.39 is 10.7 Å². The maximum absolute atomic E-state index is 11.4. The molecule has 1 aliphatic carbocycles. The molecule has 86 valence electrons. The van der Waals surface area contributed by atoms with Crippen molar-refractivity contribution in [3.05, 3.63) is 11.8 Å². The molecule has 0 aromatic rings. The van der Waals surface area contributed by atoms with Gasteiger partial charge < -0.3 is 14.2 Å². The van der Waals surface area contributed by atoms with Crippen LogP contribution >= 0.6 is 11.6 Å². The number of rotatable bonds is 3. The highest BCUT2D eigenvalue weighted by Gasteiger charge is 2.56. The van der Waals surface area contributed by atoms with Crippen molar-refractivity contribution < 1.29 is 19.0 Å². The molecule has 1 atom stereocenters. The van der Waals surface area contributed by atoms with E-state index in [0.717, 1.165) is 0 Å². The van der Waals surface area contributed by atoms with Crippen LogP contribution in [0.1, 0.15) is 13.3 Å². The standard InChI is InChI=1S/C10H15ClO4/c1-9(11)6-7(12)5-8(13-2)10(9,14-3)15-4/h5H,6H2,1-4H3. The van der Waals surface area contributed by atoms with E-state index in [1.54, 1.807) is 6.92 Å². The predicted octanol–water partition coefficient (Wildman–Crippen LogP) is 1.48. The molecule has 0 saturated heterocycles. The number of carbonyl (C=O) groups excluding carboxylic acids is 1. The van der Waals surface area contributed by atoms with Crippen molar-refractivity contribution in [1.29, 1.82) is 0 Å². The number of carbonyl (C=O) groups is 1. The van der Waals surface area contributed by atoms with Crippen molar-refractivity contribution in [1.82, 2.24) is 0 Å². The van der Waals surface area contributed by atoms with Gasteiger partial charge in [-0.2, -0.15) is 0 Å². The van der Waals surface area contributed by atoms with Crippen LogP contribution in [0.15, 0.2) is 11.8 Å². The number of ether oxygens (including phenoxy) is 3. The summed E-state index contributed by atoms with van der Waals surface area (Å²) in [4.78, 5) is 10.4. The molecule has 0 aliphatic heterocycles. The first-order valence-corrected chi connectivity index (χ1v) is 4.89. The number of halogens is 1. The second-order valence-corrected chi connectivity index (χ2v) is 4.41. The van der Waals surface area contributed by atoms with Crippen molar-refractivity contribution in [3.63, 3.8) is 0 Å². The van der Waals surface area contributed by atoms with E-state index in [4.69, 9.17) is 25.8 Å². The van der Waals surface area contributed by atoms with Gasteiger partial charge in [0.05, 0.1) is 7.11 Å². The SMILES string of the molecule is COC1=CC(=O)CC(C)(Cl)C1(OC)OC. The summed E-state index contributed by atoms with van der Waals surface area (Å²) in [5, 5.41) is 0. The van der Waals surface area contributed by atoms with Gasteiger partial charge in [-0.15, -0.1) is 11.6 Å². The third kappa shape index (κ3) is 1.77. The molecule has 0 N–H and O–H groups in total. The van der Waals surface area contributed by atoms with E-state index in [0.29, 0.717) is 5.76 Å². The summed E-state index contributed by atoms with van der Waals surface area (Å²) in [7, 11) is 4.38. The fourth-order valence-electron chi connectivity index (χ4n) is 1.90. The Kier molecular flexibility index (Phi) is 3.43. The fourth-order valence-corrected chi connectivity index (χ4v) is 2.28. The molecule has 15 heavy (non-hydrogen) atoms. The Labute approximate surface area is 94.1 Å². The monoisotopic (exact) mass is 234 g/mol. The van der Waals surface area contributed by atoms with Crippen LogP contribution in [0.5, 0.6) is 0 Å². The number of methoxy groups -OCH3 is 3. The average molecular weight is 235 g/mol. The minimum Gasteiger partial charge on any atom is -0.495 e. The molecule has 0 heterocycles. The van der Waals surface area contributed by atoms with Gasteiger partial charge in [0.25, 0.3) is 0 Å². The molecule has 5 heteroatoms. The fraction of sp³-hybridized carbons (Fsp3) is 0.700. The van der Waals surface area contributed by atoms with Crippen molar-refractivity contribution in [2.45, 2.75) is 24.0 Å². The average Bonchev–Trinajstić information content (AvgIpc) is 2.16. The maximum Gasteiger partial charge on any atom is 0.247 e. The zero-order chi connectivity index (χ0) is 11.7. The summed E-state index contributed by atoms with van der Waals surface area (Å²) in [6.07, 6.45) is 1.50. The molecule has 0 saturated carbocycles. The topological polar surface area (TPSA) is 44.8 Å². The number of ketones is 1. The summed E-state index contributed by atoms with van der Waals surface area (Å²) in [5.74, 6) is -1.02. The highest BCUT2D eigenvalue weighted by atomic mass is 35.5. The Hall–Kier alpha value is -0.580. The Bertz CT molecular complexity index is 292. The van der Waals surface area contributed by atoms with Crippen LogP contribution in [0, 0.1) is 0 Å². The molecule has 4 nitrogen and oxygen atoms in total. The van der Waals surface area contributed by atoms with E-state index in [9.17, 15) is 4.79 Å². The zero-order valence-electron chi connectivity index (χ0n) is 9.30. The molecule has 1 unspecified atom stereocenters. The third-order valence-electron chi connectivity index (χ3n) is 2.60. The highest BCUT2D eigenvalue weighted by Crippen LogP contribution is 2.44. The molecule has 1 rings (SSSR count). The zero-order valence-corrected chi connectivity index (χ0v) is 10.1. The first kappa shape index (κ1) is 12.5. The molecule has 0 aromatic carbocycles. The Morgan fingerprint density at radius 1 is 1.33 bits per heavy atom. The lowest BCUT2D eigenvalue weighted by molar-refractivity contribution is -0.224. The molecular weight excluding hydrogens is 220 g/mol. The molecule has 0 fully saturated rings. The van der Waals surface area contributed by atoms with Crippen LogP contribution in [-0.2, 0) is 19.0 Å². The summed E-state index contributed by atoms with van der Waals surface area (Å²) in [6.45, 7) is 1.69. The van der Waals surface area contributed by atoms with Crippen LogP contribution in [0.4, 0.5) is 0 Å². The molecule has 0 radical (unpaired) electrons. The first-order chi connectivity index (χ1) is 6.93. The van der Waals surface area contributed by atoms with Crippen LogP contribution in [0.25, 0.3) is 0 Å². The lowest BCUT2D eigenvalue weighted by Crippen LogP contribution is -2.56. The number of allylic oxidation sites excluding steroid dienone is 1. The summed E-state index contributed by atoms with van der Waals surface area (Å²) in [5.41, 5.74) is 0. The van der Waals surface area contributed by atoms with Gasteiger partial charge in [-0.1, -0.05) is 0 Å². The van der Waals surface area contributed by atoms with Gasteiger partial charge in [0.15, 0.2) is 11.5 Å². The largest absolute Gasteiger partial charge is 0.495 e. The lowest BCUT2D eigenvalue weighted by Gasteiger charge is -2.44. The van der Waals surface area contributed by atoms with Crippen molar-refractivity contribution in [3.8, 4) is 0 Å². The molecule has 0 bridgehead atoms. The van der Waals surface area contributed by atoms with Gasteiger partial charge in [-0.3, -0.25) is 4.79 Å². The first-order valence-electron chi connectivity index (χ1n) is 4.51. The lowest BCUT2D eigenvalue weighted by atomic mass is 9.86. The number of hydrogen-bond acceptors (Lipinski definition) is 4. The summed E-state index contributed by atoms with van der Waals surface area (Å²) >= 11 is 6.27. The number of alkyl halides is 1. The van der Waals surface area contributed by atoms with E-state index >= 15 is 0 Å². The van der Waals surface area contributed by atoms with E-state index in [-0.39, 0.29) is 12.2 Å². The second kappa shape index (κ2) is 4.12. The van der Waals surface area contributed by atoms with Gasteiger partial charge in [0.2, 0.25) is 5.79 Å². The molecule has 0 amide bonds. The van der Waals surface area contributed by atoms with Crippen molar-refractivity contribution in [2.24, 2.45) is 0 Å². The van der Waals surface area contributed by atoms with Gasteiger partial charge in [0, 0.05) is 26.7 Å². The predicted molar refractivity (Wildman–Crippen MR) is 55.7 cm³/mol. The molecule has 1 aliphatic rings. The quantitative estimate of drug-likeness (QED) is 0.548. The van der Waals surface area contributed by atoms with Gasteiger partial charge in [-0.05, 0) is 6.92 Å². The van der Waals surface area contributed by atoms with E-state index in [2.05, 4.69) is 0 Å². The van der Waals surface area contributed by atoms with Crippen LogP contribution < -0.4 is 0 Å². The third-order valence-corrected chi connectivity index (χ3v) is 2.99. The summed E-state index contributed by atoms with van der Waals surface area (Å²) < 4.78 is 15.7. The van der Waals surface area contributed by atoms with E-state index in [1.165, 1.54) is 27.4 Å². The maximum atomic E-state index is 11.4. The van der Waals surface area contributed by atoms with Crippen molar-refractivity contribution >= 4 is 17.4 Å². The van der Waals surface area contributed by atoms with Gasteiger partial charge in [-0.25, -0.2) is 0 Å². The molecule has 0 spiro atoms. The Morgan fingerprint density at radius 3 is 2.27 bits per heavy atom. The summed E-state index contributed by atoms with van der Waals surface area (Å²) in [6, 6.07) is 0. The highest BCUT2D eigenvalue weighted by molar-refractivity contribution is 6.26. The van der Waals surface area contributed by atoms with Crippen LogP contribution in [0.3, 0.4) is 0 Å². The normalized spacial score (nSPS) is 29.9. The second-order valence-electron chi connectivity index (χ2n) is 3.58.